The summed E-state index contributed by atoms with van der Waals surface area (Å²) in [5.74, 6) is -0.0456. The zero-order chi connectivity index (χ0) is 14.5. The monoisotopic (exact) mass is 289 g/mol. The smallest absolute Gasteiger partial charge is 0.178 e. The summed E-state index contributed by atoms with van der Waals surface area (Å²) in [6.07, 6.45) is 8.52. The van der Waals surface area contributed by atoms with E-state index < -0.39 is 0 Å². The lowest BCUT2D eigenvalue weighted by Gasteiger charge is -2.22. The molecule has 0 spiro atoms. The molecule has 0 aromatic heterocycles. The molecule has 104 valence electrons. The summed E-state index contributed by atoms with van der Waals surface area (Å²) in [6.45, 7) is 1.90. The molecule has 1 aromatic rings. The number of hydrogen-bond donors (Lipinski definition) is 1. The van der Waals surface area contributed by atoms with E-state index >= 15 is 0 Å². The molecule has 0 radical (unpaired) electrons. The maximum Gasteiger partial charge on any atom is 0.178 e. The van der Waals surface area contributed by atoms with Crippen LogP contribution in [-0.2, 0) is 11.2 Å². The summed E-state index contributed by atoms with van der Waals surface area (Å²) < 4.78 is 0. The van der Waals surface area contributed by atoms with Crippen molar-refractivity contribution in [2.45, 2.75) is 19.4 Å². The second kappa shape index (κ2) is 6.55. The molecule has 2 rings (SSSR count). The van der Waals surface area contributed by atoms with Gasteiger partial charge in [-0.1, -0.05) is 29.8 Å². The highest BCUT2D eigenvalue weighted by molar-refractivity contribution is 6.31. The summed E-state index contributed by atoms with van der Waals surface area (Å²) in [5, 5.41) is 11.9. The minimum Gasteiger partial charge on any atom is -0.290 e. The average molecular weight is 290 g/mol. The van der Waals surface area contributed by atoms with Crippen molar-refractivity contribution in [2.75, 3.05) is 0 Å². The molecular formula is C16H16ClNO2. The Balaban J connectivity index is 2.03. The van der Waals surface area contributed by atoms with Gasteiger partial charge in [-0.25, -0.2) is 0 Å². The molecule has 0 saturated carbocycles. The van der Waals surface area contributed by atoms with Crippen molar-refractivity contribution in [3.63, 3.8) is 0 Å². The maximum absolute atomic E-state index is 11.0. The second-order valence-corrected chi connectivity index (χ2v) is 5.13. The number of rotatable bonds is 4. The normalized spacial score (nSPS) is 15.3. The Labute approximate surface area is 123 Å². The molecule has 0 bridgehead atoms. The molecule has 1 N–H and O–H groups in total. The van der Waals surface area contributed by atoms with Gasteiger partial charge in [0, 0.05) is 11.2 Å². The Morgan fingerprint density at radius 2 is 1.90 bits per heavy atom. The highest BCUT2D eigenvalue weighted by Gasteiger charge is 2.11. The molecule has 0 amide bonds. The summed E-state index contributed by atoms with van der Waals surface area (Å²) in [7, 11) is 0. The third-order valence-corrected chi connectivity index (χ3v) is 3.45. The van der Waals surface area contributed by atoms with Gasteiger partial charge in [0.2, 0.25) is 0 Å². The van der Waals surface area contributed by atoms with Crippen LogP contribution >= 0.6 is 11.6 Å². The molecule has 1 aliphatic carbocycles. The van der Waals surface area contributed by atoms with Crippen LogP contribution in [0.5, 0.6) is 0 Å². The van der Waals surface area contributed by atoms with Crippen LogP contribution in [0.2, 0.25) is 5.02 Å². The van der Waals surface area contributed by atoms with E-state index in [9.17, 15) is 10.0 Å². The summed E-state index contributed by atoms with van der Waals surface area (Å²) in [6, 6.07) is 7.46. The van der Waals surface area contributed by atoms with Crippen molar-refractivity contribution in [3.8, 4) is 0 Å². The highest BCUT2D eigenvalue weighted by atomic mass is 35.5. The van der Waals surface area contributed by atoms with Crippen LogP contribution in [0.25, 0.3) is 0 Å². The molecular weight excluding hydrogens is 274 g/mol. The molecule has 0 aliphatic heterocycles. The third kappa shape index (κ3) is 3.83. The Hall–Kier alpha value is -1.84. The van der Waals surface area contributed by atoms with Crippen molar-refractivity contribution in [1.82, 2.24) is 5.06 Å². The Morgan fingerprint density at radius 3 is 2.55 bits per heavy atom. The van der Waals surface area contributed by atoms with Crippen molar-refractivity contribution >= 4 is 17.4 Å². The molecule has 3 nitrogen and oxygen atoms in total. The van der Waals surface area contributed by atoms with Crippen LogP contribution in [-0.4, -0.2) is 22.1 Å². The van der Waals surface area contributed by atoms with Crippen LogP contribution in [0.4, 0.5) is 0 Å². The fraction of sp³-hybridized carbons (Fsp3) is 0.188. The van der Waals surface area contributed by atoms with E-state index in [1.54, 1.807) is 18.4 Å². The van der Waals surface area contributed by atoms with Gasteiger partial charge < -0.3 is 0 Å². The van der Waals surface area contributed by atoms with E-state index in [1.165, 1.54) is 12.2 Å². The predicted octanol–water partition coefficient (Wildman–Crippen LogP) is 3.54. The van der Waals surface area contributed by atoms with E-state index in [0.29, 0.717) is 11.4 Å². The molecule has 1 unspecified atom stereocenters. The Kier molecular flexibility index (Phi) is 4.77. The first kappa shape index (κ1) is 14.6. The lowest BCUT2D eigenvalue weighted by molar-refractivity contribution is -0.110. The third-order valence-electron chi connectivity index (χ3n) is 3.09. The lowest BCUT2D eigenvalue weighted by atomic mass is 10.1. The van der Waals surface area contributed by atoms with Crippen LogP contribution < -0.4 is 0 Å². The SMILES string of the molecule is CC(Cc1ccccc1Cl)N(O)C=C1C=CC(=O)C=C1. The summed E-state index contributed by atoms with van der Waals surface area (Å²) in [4.78, 5) is 11.0. The van der Waals surface area contributed by atoms with Gasteiger partial charge in [-0.05, 0) is 54.9 Å². The molecule has 1 aliphatic rings. The molecule has 4 heteroatoms. The predicted molar refractivity (Wildman–Crippen MR) is 79.6 cm³/mol. The van der Waals surface area contributed by atoms with Gasteiger partial charge in [0.15, 0.2) is 5.78 Å². The average Bonchev–Trinajstić information content (AvgIpc) is 2.44. The van der Waals surface area contributed by atoms with Crippen LogP contribution in [0.3, 0.4) is 0 Å². The van der Waals surface area contributed by atoms with Crippen molar-refractivity contribution in [2.24, 2.45) is 0 Å². The minimum atomic E-state index is -0.123. The number of ketones is 1. The van der Waals surface area contributed by atoms with E-state index in [-0.39, 0.29) is 11.8 Å². The van der Waals surface area contributed by atoms with E-state index in [1.807, 2.05) is 31.2 Å². The number of benzene rings is 1. The summed E-state index contributed by atoms with van der Waals surface area (Å²) in [5.41, 5.74) is 1.77. The first-order chi connectivity index (χ1) is 9.56. The number of nitrogens with zero attached hydrogens (tertiary/aromatic N) is 1. The number of carbonyl (C=O) groups excluding carboxylic acids is 1. The minimum absolute atomic E-state index is 0.0456. The number of hydroxylamine groups is 2. The zero-order valence-corrected chi connectivity index (χ0v) is 11.9. The number of halogens is 1. The molecule has 20 heavy (non-hydrogen) atoms. The fourth-order valence-corrected chi connectivity index (χ4v) is 2.12. The van der Waals surface area contributed by atoms with Gasteiger partial charge >= 0.3 is 0 Å². The van der Waals surface area contributed by atoms with Gasteiger partial charge in [0.1, 0.15) is 0 Å². The van der Waals surface area contributed by atoms with Gasteiger partial charge in [-0.15, -0.1) is 0 Å². The molecule has 1 aromatic carbocycles. The summed E-state index contributed by atoms with van der Waals surface area (Å²) >= 11 is 6.11. The fourth-order valence-electron chi connectivity index (χ4n) is 1.91. The molecule has 0 saturated heterocycles. The largest absolute Gasteiger partial charge is 0.290 e. The van der Waals surface area contributed by atoms with Crippen LogP contribution in [0.15, 0.2) is 60.3 Å². The van der Waals surface area contributed by atoms with Gasteiger partial charge in [0.25, 0.3) is 0 Å². The van der Waals surface area contributed by atoms with Gasteiger partial charge in [0.05, 0.1) is 6.04 Å². The topological polar surface area (TPSA) is 40.5 Å². The van der Waals surface area contributed by atoms with E-state index in [4.69, 9.17) is 11.6 Å². The number of hydrogen-bond acceptors (Lipinski definition) is 3. The molecule has 1 atom stereocenters. The second-order valence-electron chi connectivity index (χ2n) is 4.72. The van der Waals surface area contributed by atoms with Crippen molar-refractivity contribution in [3.05, 3.63) is 70.9 Å². The Bertz CT molecular complexity index is 572. The van der Waals surface area contributed by atoms with Gasteiger partial charge in [-0.3, -0.25) is 15.1 Å². The quantitative estimate of drug-likeness (QED) is 0.862. The lowest BCUT2D eigenvalue weighted by Crippen LogP contribution is -2.27. The zero-order valence-electron chi connectivity index (χ0n) is 11.2. The molecule has 0 fully saturated rings. The van der Waals surface area contributed by atoms with Crippen molar-refractivity contribution in [1.29, 1.82) is 0 Å². The van der Waals surface area contributed by atoms with Gasteiger partial charge in [-0.2, -0.15) is 0 Å². The van der Waals surface area contributed by atoms with E-state index in [0.717, 1.165) is 16.2 Å². The van der Waals surface area contributed by atoms with Crippen LogP contribution in [0, 0.1) is 0 Å². The number of carbonyl (C=O) groups is 1. The standard InChI is InChI=1S/C16H16ClNO2/c1-12(10-14-4-2-3-5-16(14)17)18(20)11-13-6-8-15(19)9-7-13/h2-9,11-12,20H,10H2,1H3. The Morgan fingerprint density at radius 1 is 1.25 bits per heavy atom. The number of allylic oxidation sites excluding steroid dienone is 5. The maximum atomic E-state index is 11.0. The van der Waals surface area contributed by atoms with Crippen LogP contribution in [0.1, 0.15) is 12.5 Å². The highest BCUT2D eigenvalue weighted by Crippen LogP contribution is 2.18. The first-order valence-electron chi connectivity index (χ1n) is 6.39. The van der Waals surface area contributed by atoms with E-state index in [2.05, 4.69) is 0 Å². The first-order valence-corrected chi connectivity index (χ1v) is 6.76. The van der Waals surface area contributed by atoms with Crippen molar-refractivity contribution < 1.29 is 10.0 Å². The molecule has 0 heterocycles.